The van der Waals surface area contributed by atoms with Gasteiger partial charge in [-0.1, -0.05) is 12.1 Å². The maximum Gasteiger partial charge on any atom is 0.422 e. The van der Waals surface area contributed by atoms with Gasteiger partial charge in [-0.05, 0) is 18.6 Å². The number of nitrogens with zero attached hydrogens (tertiary/aromatic N) is 1. The second-order valence-corrected chi connectivity index (χ2v) is 3.67. The van der Waals surface area contributed by atoms with Gasteiger partial charge < -0.3 is 9.47 Å². The largest absolute Gasteiger partial charge is 0.493 e. The fraction of sp³-hybridized carbons (Fsp3) is 0.333. The molecule has 1 aliphatic heterocycles. The molecule has 2 amide bonds. The molecule has 2 rings (SSSR count). The fourth-order valence-corrected chi connectivity index (χ4v) is 1.69. The summed E-state index contributed by atoms with van der Waals surface area (Å²) in [5.41, 5.74) is 0. The van der Waals surface area contributed by atoms with Gasteiger partial charge in [0.2, 0.25) is 5.91 Å². The van der Waals surface area contributed by atoms with Crippen molar-refractivity contribution >= 4 is 12.0 Å². The predicted octanol–water partition coefficient (Wildman–Crippen LogP) is 1.82. The highest BCUT2D eigenvalue weighted by atomic mass is 16.6. The lowest BCUT2D eigenvalue weighted by atomic mass is 10.3. The van der Waals surface area contributed by atoms with E-state index in [1.54, 1.807) is 24.3 Å². The fourth-order valence-electron chi connectivity index (χ4n) is 1.69. The van der Waals surface area contributed by atoms with E-state index in [4.69, 9.17) is 9.47 Å². The van der Waals surface area contributed by atoms with Crippen LogP contribution in [0.25, 0.3) is 0 Å². The average molecular weight is 235 g/mol. The van der Waals surface area contributed by atoms with E-state index in [9.17, 15) is 9.59 Å². The molecule has 5 nitrogen and oxygen atoms in total. The molecule has 0 radical (unpaired) electrons. The maximum absolute atomic E-state index is 11.7. The van der Waals surface area contributed by atoms with Gasteiger partial charge >= 0.3 is 6.09 Å². The average Bonchev–Trinajstić information content (AvgIpc) is 2.76. The molecule has 1 aromatic carbocycles. The first-order chi connectivity index (χ1) is 8.22. The number of hydrogen-bond donors (Lipinski definition) is 0. The summed E-state index contributed by atoms with van der Waals surface area (Å²) in [5, 5.41) is 0. The van der Waals surface area contributed by atoms with Crippen LogP contribution in [0.2, 0.25) is 0 Å². The first kappa shape index (κ1) is 11.4. The second kappa shape index (κ2) is 4.86. The summed E-state index contributed by atoms with van der Waals surface area (Å²) in [7, 11) is 1.49. The van der Waals surface area contributed by atoms with Gasteiger partial charge in [-0.3, -0.25) is 4.79 Å². The zero-order chi connectivity index (χ0) is 12.3. The lowest BCUT2D eigenvalue weighted by molar-refractivity contribution is -0.125. The van der Waals surface area contributed by atoms with Crippen molar-refractivity contribution in [2.45, 2.75) is 12.8 Å². The van der Waals surface area contributed by atoms with Crippen molar-refractivity contribution in [2.24, 2.45) is 0 Å². The summed E-state index contributed by atoms with van der Waals surface area (Å²) < 4.78 is 10.2. The lowest BCUT2D eigenvalue weighted by Gasteiger charge is -2.14. The summed E-state index contributed by atoms with van der Waals surface area (Å²) in [6.07, 6.45) is 0.456. The Kier molecular flexibility index (Phi) is 3.27. The highest BCUT2D eigenvalue weighted by Gasteiger charge is 2.28. The van der Waals surface area contributed by atoms with Crippen LogP contribution >= 0.6 is 0 Å². The SMILES string of the molecule is COc1ccccc1OC(=O)N1CCCC1=O. The van der Waals surface area contributed by atoms with Gasteiger partial charge in [0.05, 0.1) is 7.11 Å². The lowest BCUT2D eigenvalue weighted by Crippen LogP contribution is -2.34. The highest BCUT2D eigenvalue weighted by Crippen LogP contribution is 2.26. The molecule has 0 unspecified atom stereocenters. The van der Waals surface area contributed by atoms with Crippen molar-refractivity contribution < 1.29 is 19.1 Å². The number of carbonyl (C=O) groups is 2. The summed E-state index contributed by atoms with van der Waals surface area (Å²) in [4.78, 5) is 24.2. The number of amides is 2. The van der Waals surface area contributed by atoms with Crippen LogP contribution in [-0.2, 0) is 4.79 Å². The van der Waals surface area contributed by atoms with E-state index in [-0.39, 0.29) is 5.91 Å². The van der Waals surface area contributed by atoms with E-state index in [0.29, 0.717) is 30.9 Å². The summed E-state index contributed by atoms with van der Waals surface area (Å²) >= 11 is 0. The number of carbonyl (C=O) groups excluding carboxylic acids is 2. The number of benzene rings is 1. The van der Waals surface area contributed by atoms with Crippen LogP contribution in [-0.4, -0.2) is 30.6 Å². The Morgan fingerprint density at radius 1 is 1.29 bits per heavy atom. The quantitative estimate of drug-likeness (QED) is 0.784. The van der Waals surface area contributed by atoms with Gasteiger partial charge in [0, 0.05) is 13.0 Å². The van der Waals surface area contributed by atoms with Gasteiger partial charge in [-0.15, -0.1) is 0 Å². The minimum atomic E-state index is -0.642. The van der Waals surface area contributed by atoms with E-state index in [0.717, 1.165) is 4.90 Å². The van der Waals surface area contributed by atoms with Crippen LogP contribution in [0.1, 0.15) is 12.8 Å². The molecule has 17 heavy (non-hydrogen) atoms. The molecule has 90 valence electrons. The van der Waals surface area contributed by atoms with Crippen molar-refractivity contribution in [2.75, 3.05) is 13.7 Å². The summed E-state index contributed by atoms with van der Waals surface area (Å²) in [6, 6.07) is 6.82. The van der Waals surface area contributed by atoms with E-state index in [1.165, 1.54) is 7.11 Å². The minimum absolute atomic E-state index is 0.190. The molecular weight excluding hydrogens is 222 g/mol. The van der Waals surface area contributed by atoms with E-state index in [2.05, 4.69) is 0 Å². The first-order valence-corrected chi connectivity index (χ1v) is 5.37. The van der Waals surface area contributed by atoms with E-state index in [1.807, 2.05) is 0 Å². The van der Waals surface area contributed by atoms with Gasteiger partial charge in [0.1, 0.15) is 0 Å². The molecule has 1 aliphatic rings. The third kappa shape index (κ3) is 2.38. The number of likely N-dealkylation sites (tertiary alicyclic amines) is 1. The maximum atomic E-state index is 11.7. The normalized spacial score (nSPS) is 14.9. The molecule has 1 aromatic rings. The molecule has 0 aromatic heterocycles. The summed E-state index contributed by atoms with van der Waals surface area (Å²) in [6.45, 7) is 0.423. The molecule has 1 fully saturated rings. The van der Waals surface area contributed by atoms with Gasteiger partial charge in [-0.25, -0.2) is 9.69 Å². The second-order valence-electron chi connectivity index (χ2n) is 3.67. The number of methoxy groups -OCH3 is 1. The Labute approximate surface area is 98.9 Å². The Hall–Kier alpha value is -2.04. The first-order valence-electron chi connectivity index (χ1n) is 5.37. The van der Waals surface area contributed by atoms with Crippen LogP contribution < -0.4 is 9.47 Å². The zero-order valence-corrected chi connectivity index (χ0v) is 9.51. The molecule has 5 heteroatoms. The number of imide groups is 1. The van der Waals surface area contributed by atoms with Gasteiger partial charge in [0.25, 0.3) is 0 Å². The Balaban J connectivity index is 2.10. The minimum Gasteiger partial charge on any atom is -0.493 e. The molecule has 0 aliphatic carbocycles. The van der Waals surface area contributed by atoms with Crippen LogP contribution in [0, 0.1) is 0 Å². The molecule has 0 spiro atoms. The number of hydrogen-bond acceptors (Lipinski definition) is 4. The van der Waals surface area contributed by atoms with Crippen molar-refractivity contribution in [1.29, 1.82) is 0 Å². The third-order valence-corrected chi connectivity index (χ3v) is 2.56. The monoisotopic (exact) mass is 235 g/mol. The molecule has 0 N–H and O–H groups in total. The number of ether oxygens (including phenoxy) is 2. The number of para-hydroxylation sites is 2. The number of rotatable bonds is 2. The Morgan fingerprint density at radius 2 is 2.00 bits per heavy atom. The highest BCUT2D eigenvalue weighted by molar-refractivity contribution is 5.94. The molecule has 0 atom stereocenters. The van der Waals surface area contributed by atoms with Crippen LogP contribution in [0.4, 0.5) is 4.79 Å². The molecule has 1 saturated heterocycles. The van der Waals surface area contributed by atoms with Crippen LogP contribution in [0.15, 0.2) is 24.3 Å². The van der Waals surface area contributed by atoms with Crippen molar-refractivity contribution in [1.82, 2.24) is 4.90 Å². The standard InChI is InChI=1S/C12H13NO4/c1-16-9-5-2-3-6-10(9)17-12(15)13-8-4-7-11(13)14/h2-3,5-6H,4,7-8H2,1H3. The predicted molar refractivity (Wildman–Crippen MR) is 60.0 cm³/mol. The summed E-state index contributed by atoms with van der Waals surface area (Å²) in [5.74, 6) is 0.595. The van der Waals surface area contributed by atoms with E-state index >= 15 is 0 Å². The molecule has 0 saturated carbocycles. The third-order valence-electron chi connectivity index (χ3n) is 2.56. The van der Waals surface area contributed by atoms with Gasteiger partial charge in [-0.2, -0.15) is 0 Å². The molecule has 0 bridgehead atoms. The van der Waals surface area contributed by atoms with Crippen molar-refractivity contribution in [3.8, 4) is 11.5 Å². The van der Waals surface area contributed by atoms with Crippen molar-refractivity contribution in [3.63, 3.8) is 0 Å². The molecular formula is C12H13NO4. The van der Waals surface area contributed by atoms with Gasteiger partial charge in [0.15, 0.2) is 11.5 Å². The molecule has 1 heterocycles. The van der Waals surface area contributed by atoms with Crippen LogP contribution in [0.3, 0.4) is 0 Å². The van der Waals surface area contributed by atoms with Crippen molar-refractivity contribution in [3.05, 3.63) is 24.3 Å². The topological polar surface area (TPSA) is 55.8 Å². The Morgan fingerprint density at radius 3 is 2.59 bits per heavy atom. The zero-order valence-electron chi connectivity index (χ0n) is 9.51. The van der Waals surface area contributed by atoms with Crippen LogP contribution in [0.5, 0.6) is 11.5 Å². The smallest absolute Gasteiger partial charge is 0.422 e. The van der Waals surface area contributed by atoms with E-state index < -0.39 is 6.09 Å². The Bertz CT molecular complexity index is 444.